The van der Waals surface area contributed by atoms with Gasteiger partial charge in [-0.15, -0.1) is 0 Å². The van der Waals surface area contributed by atoms with Crippen molar-refractivity contribution in [3.63, 3.8) is 0 Å². The van der Waals surface area contributed by atoms with Gasteiger partial charge in [0, 0.05) is 18.5 Å². The number of hydrogen-bond acceptors (Lipinski definition) is 5. The summed E-state index contributed by atoms with van der Waals surface area (Å²) in [5.74, 6) is -4.41. The van der Waals surface area contributed by atoms with Crippen LogP contribution < -0.4 is 27.8 Å². The Morgan fingerprint density at radius 1 is 0.773 bits per heavy atom. The first kappa shape index (κ1) is 34.8. The van der Waals surface area contributed by atoms with E-state index in [1.165, 1.54) is 0 Å². The SMILES string of the molecule is NC(=O)[C@H](Cc1ccccc1)NC(=O)[C@@H](CCCN=C(N)N)NC(=O)c1ccc(-c2ccccc2)cc1.O=C(O)C(F)(F)F. The molecule has 0 aliphatic heterocycles. The highest BCUT2D eigenvalue weighted by atomic mass is 19.4. The Bertz CT molecular complexity index is 1410. The van der Waals surface area contributed by atoms with Crippen molar-refractivity contribution in [1.82, 2.24) is 10.6 Å². The predicted molar refractivity (Wildman–Crippen MR) is 158 cm³/mol. The topological polar surface area (TPSA) is 203 Å². The third-order valence-electron chi connectivity index (χ3n) is 6.01. The third-order valence-corrected chi connectivity index (χ3v) is 6.01. The first-order chi connectivity index (χ1) is 20.8. The van der Waals surface area contributed by atoms with Crippen LogP contribution in [-0.2, 0) is 20.8 Å². The number of primary amides is 1. The summed E-state index contributed by atoms with van der Waals surface area (Å²) < 4.78 is 31.7. The lowest BCUT2D eigenvalue weighted by molar-refractivity contribution is -0.192. The second kappa shape index (κ2) is 16.9. The molecule has 0 aromatic heterocycles. The number of benzene rings is 3. The number of carboxylic acid groups (broad SMARTS) is 1. The highest BCUT2D eigenvalue weighted by Gasteiger charge is 2.38. The van der Waals surface area contributed by atoms with Crippen molar-refractivity contribution in [1.29, 1.82) is 0 Å². The molecule has 234 valence electrons. The Balaban J connectivity index is 0.000000860. The number of halogens is 3. The fourth-order valence-corrected chi connectivity index (χ4v) is 3.80. The number of hydrogen-bond donors (Lipinski definition) is 6. The van der Waals surface area contributed by atoms with Crippen LogP contribution in [0.4, 0.5) is 13.2 Å². The molecule has 11 nitrogen and oxygen atoms in total. The molecule has 0 saturated carbocycles. The van der Waals surface area contributed by atoms with Gasteiger partial charge in [-0.2, -0.15) is 13.2 Å². The number of aliphatic carboxylic acids is 1. The number of nitrogens with one attached hydrogen (secondary N) is 2. The van der Waals surface area contributed by atoms with Gasteiger partial charge in [0.25, 0.3) is 5.91 Å². The van der Waals surface area contributed by atoms with Crippen molar-refractivity contribution in [2.75, 3.05) is 6.54 Å². The van der Waals surface area contributed by atoms with Crippen molar-refractivity contribution in [2.45, 2.75) is 37.5 Å². The van der Waals surface area contributed by atoms with Gasteiger partial charge in [0.05, 0.1) is 0 Å². The molecule has 3 aromatic rings. The van der Waals surface area contributed by atoms with Crippen LogP contribution in [0.5, 0.6) is 0 Å². The molecule has 0 spiro atoms. The molecule has 0 saturated heterocycles. The van der Waals surface area contributed by atoms with Gasteiger partial charge >= 0.3 is 12.1 Å². The fraction of sp³-hybridized carbons (Fsp3) is 0.233. The number of amides is 3. The summed E-state index contributed by atoms with van der Waals surface area (Å²) in [5.41, 5.74) is 19.6. The maximum atomic E-state index is 13.2. The summed E-state index contributed by atoms with van der Waals surface area (Å²) in [6, 6.07) is 24.3. The van der Waals surface area contributed by atoms with E-state index in [1.807, 2.05) is 72.8 Å². The van der Waals surface area contributed by atoms with E-state index in [4.69, 9.17) is 27.1 Å². The summed E-state index contributed by atoms with van der Waals surface area (Å²) in [5, 5.41) is 12.6. The molecule has 0 heterocycles. The van der Waals surface area contributed by atoms with Gasteiger partial charge in [0.2, 0.25) is 11.8 Å². The average Bonchev–Trinajstić information content (AvgIpc) is 2.99. The lowest BCUT2D eigenvalue weighted by Crippen LogP contribution is -2.53. The van der Waals surface area contributed by atoms with E-state index in [0.717, 1.165) is 16.7 Å². The molecule has 0 bridgehead atoms. The second-order valence-electron chi connectivity index (χ2n) is 9.37. The van der Waals surface area contributed by atoms with Crippen LogP contribution in [0.1, 0.15) is 28.8 Å². The number of carboxylic acids is 1. The Morgan fingerprint density at radius 2 is 1.30 bits per heavy atom. The van der Waals surface area contributed by atoms with E-state index in [1.54, 1.807) is 12.1 Å². The van der Waals surface area contributed by atoms with E-state index >= 15 is 0 Å². The first-order valence-corrected chi connectivity index (χ1v) is 13.2. The average molecular weight is 615 g/mol. The van der Waals surface area contributed by atoms with Crippen molar-refractivity contribution in [2.24, 2.45) is 22.2 Å². The molecule has 9 N–H and O–H groups in total. The molecular formula is C30H33F3N6O5. The van der Waals surface area contributed by atoms with Crippen LogP contribution in [0.25, 0.3) is 11.1 Å². The summed E-state index contributed by atoms with van der Waals surface area (Å²) in [4.78, 5) is 51.1. The van der Waals surface area contributed by atoms with Gasteiger partial charge in [0.1, 0.15) is 12.1 Å². The Morgan fingerprint density at radius 3 is 1.80 bits per heavy atom. The summed E-state index contributed by atoms with van der Waals surface area (Å²) in [6.45, 7) is 0.289. The molecule has 14 heteroatoms. The molecule has 44 heavy (non-hydrogen) atoms. The molecule has 3 aromatic carbocycles. The fourth-order valence-electron chi connectivity index (χ4n) is 3.80. The van der Waals surface area contributed by atoms with Crippen LogP contribution in [0.2, 0.25) is 0 Å². The van der Waals surface area contributed by atoms with E-state index in [-0.39, 0.29) is 25.3 Å². The minimum atomic E-state index is -5.08. The van der Waals surface area contributed by atoms with Gasteiger partial charge < -0.3 is 32.9 Å². The van der Waals surface area contributed by atoms with Crippen molar-refractivity contribution in [3.8, 4) is 11.1 Å². The quantitative estimate of drug-likeness (QED) is 0.102. The van der Waals surface area contributed by atoms with Gasteiger partial charge in [-0.05, 0) is 41.7 Å². The molecule has 0 fully saturated rings. The second-order valence-corrected chi connectivity index (χ2v) is 9.37. The maximum absolute atomic E-state index is 13.2. The minimum Gasteiger partial charge on any atom is -0.475 e. The van der Waals surface area contributed by atoms with Crippen LogP contribution in [0, 0.1) is 0 Å². The number of aliphatic imine (C=N–C) groups is 1. The Kier molecular flexibility index (Phi) is 13.4. The van der Waals surface area contributed by atoms with E-state index < -0.39 is 42.0 Å². The zero-order valence-electron chi connectivity index (χ0n) is 23.5. The number of alkyl halides is 3. The molecule has 0 aliphatic carbocycles. The van der Waals surface area contributed by atoms with Crippen LogP contribution >= 0.6 is 0 Å². The predicted octanol–water partition coefficient (Wildman–Crippen LogP) is 2.35. The first-order valence-electron chi connectivity index (χ1n) is 13.2. The van der Waals surface area contributed by atoms with E-state index in [9.17, 15) is 27.6 Å². The molecule has 3 amide bonds. The normalized spacial score (nSPS) is 12.0. The van der Waals surface area contributed by atoms with Crippen molar-refractivity contribution >= 4 is 29.7 Å². The standard InChI is InChI=1S/C28H32N6O3.C2HF3O2/c29-25(35)24(18-19-8-3-1-4-9-19)34-27(37)23(12-7-17-32-28(30)31)33-26(36)22-15-13-21(14-16-22)20-10-5-2-6-11-20;3-2(4,5)1(6)7/h1-6,8-11,13-16,23-24H,7,12,17-18H2,(H2,29,35)(H,33,36)(H,34,37)(H4,30,31,32);(H,6,7)/t23-,24+;/m1./s1. The molecular weight excluding hydrogens is 581 g/mol. The van der Waals surface area contributed by atoms with Gasteiger partial charge in [0.15, 0.2) is 5.96 Å². The highest BCUT2D eigenvalue weighted by molar-refractivity contribution is 5.98. The van der Waals surface area contributed by atoms with Crippen LogP contribution in [-0.4, -0.2) is 59.6 Å². The van der Waals surface area contributed by atoms with Crippen LogP contribution in [0.3, 0.4) is 0 Å². The van der Waals surface area contributed by atoms with Crippen molar-refractivity contribution in [3.05, 3.63) is 96.1 Å². The zero-order valence-corrected chi connectivity index (χ0v) is 23.5. The molecule has 2 atom stereocenters. The van der Waals surface area contributed by atoms with Gasteiger partial charge in [-0.25, -0.2) is 4.79 Å². The lowest BCUT2D eigenvalue weighted by atomic mass is 10.0. The zero-order chi connectivity index (χ0) is 32.7. The summed E-state index contributed by atoms with van der Waals surface area (Å²) in [6.07, 6.45) is -4.16. The number of carbonyl (C=O) groups excluding carboxylic acids is 3. The summed E-state index contributed by atoms with van der Waals surface area (Å²) >= 11 is 0. The Labute approximate surface area is 251 Å². The molecule has 0 radical (unpaired) electrons. The highest BCUT2D eigenvalue weighted by Crippen LogP contribution is 2.19. The van der Waals surface area contributed by atoms with E-state index in [2.05, 4.69) is 15.6 Å². The van der Waals surface area contributed by atoms with Crippen LogP contribution in [0.15, 0.2) is 89.9 Å². The summed E-state index contributed by atoms with van der Waals surface area (Å²) in [7, 11) is 0. The Hall–Kier alpha value is -5.40. The number of rotatable bonds is 12. The molecule has 3 rings (SSSR count). The molecule has 0 unspecified atom stereocenters. The van der Waals surface area contributed by atoms with Crippen molar-refractivity contribution < 1.29 is 37.5 Å². The number of nitrogens with zero attached hydrogens (tertiary/aromatic N) is 1. The monoisotopic (exact) mass is 614 g/mol. The smallest absolute Gasteiger partial charge is 0.475 e. The third kappa shape index (κ3) is 12.2. The number of nitrogens with two attached hydrogens (primary N) is 3. The lowest BCUT2D eigenvalue weighted by Gasteiger charge is -2.22. The number of carbonyl (C=O) groups is 4. The maximum Gasteiger partial charge on any atom is 0.490 e. The molecule has 0 aliphatic rings. The van der Waals surface area contributed by atoms with Gasteiger partial charge in [-0.3, -0.25) is 19.4 Å². The minimum absolute atomic E-state index is 0.0554. The van der Waals surface area contributed by atoms with E-state index in [0.29, 0.717) is 12.0 Å². The largest absolute Gasteiger partial charge is 0.490 e. The van der Waals surface area contributed by atoms with Gasteiger partial charge in [-0.1, -0.05) is 72.8 Å². The number of guanidine groups is 1.